The van der Waals surface area contributed by atoms with Gasteiger partial charge in [-0.3, -0.25) is 14.4 Å². The third kappa shape index (κ3) is 3.69. The van der Waals surface area contributed by atoms with Gasteiger partial charge in [-0.05, 0) is 38.6 Å². The quantitative estimate of drug-likeness (QED) is 0.776. The van der Waals surface area contributed by atoms with Crippen molar-refractivity contribution >= 4 is 5.91 Å². The summed E-state index contributed by atoms with van der Waals surface area (Å²) < 4.78 is 2.03. The molecule has 1 saturated carbocycles. The number of carbonyl (C=O) groups is 1. The third-order valence-electron chi connectivity index (χ3n) is 4.82. The number of nitrogens with zero attached hydrogens (tertiary/aromatic N) is 4. The Morgan fingerprint density at radius 1 is 1.41 bits per heavy atom. The Balaban J connectivity index is 1.58. The van der Waals surface area contributed by atoms with E-state index in [2.05, 4.69) is 28.0 Å². The Bertz CT molecular complexity index is 509. The molecular weight excluding hydrogens is 276 g/mol. The highest BCUT2D eigenvalue weighted by molar-refractivity contribution is 5.74. The molecule has 0 bridgehead atoms. The van der Waals surface area contributed by atoms with Crippen molar-refractivity contribution in [1.29, 1.82) is 0 Å². The molecule has 5 heteroatoms. The Labute approximate surface area is 133 Å². The fraction of sp³-hybridized carbons (Fsp3) is 0.765. The van der Waals surface area contributed by atoms with Gasteiger partial charge in [0.25, 0.3) is 0 Å². The molecule has 2 fully saturated rings. The molecule has 122 valence electrons. The van der Waals surface area contributed by atoms with Gasteiger partial charge in [-0.1, -0.05) is 6.92 Å². The van der Waals surface area contributed by atoms with Gasteiger partial charge in [0.05, 0.1) is 6.20 Å². The lowest BCUT2D eigenvalue weighted by Gasteiger charge is -2.30. The van der Waals surface area contributed by atoms with Crippen LogP contribution in [0.5, 0.6) is 0 Å². The molecule has 22 heavy (non-hydrogen) atoms. The van der Waals surface area contributed by atoms with Crippen LogP contribution in [0.1, 0.15) is 51.5 Å². The number of amides is 1. The molecule has 0 unspecified atom stereocenters. The van der Waals surface area contributed by atoms with Gasteiger partial charge in [-0.2, -0.15) is 5.10 Å². The van der Waals surface area contributed by atoms with Crippen LogP contribution in [0.15, 0.2) is 12.4 Å². The van der Waals surface area contributed by atoms with Crippen molar-refractivity contribution in [3.63, 3.8) is 0 Å². The van der Waals surface area contributed by atoms with Crippen molar-refractivity contribution in [2.45, 2.75) is 71.1 Å². The van der Waals surface area contributed by atoms with Crippen molar-refractivity contribution in [3.8, 4) is 0 Å². The topological polar surface area (TPSA) is 41.4 Å². The van der Waals surface area contributed by atoms with E-state index in [1.807, 2.05) is 10.9 Å². The van der Waals surface area contributed by atoms with Crippen molar-refractivity contribution in [2.75, 3.05) is 13.1 Å². The average molecular weight is 304 g/mol. The average Bonchev–Trinajstić information content (AvgIpc) is 3.07. The highest BCUT2D eigenvalue weighted by Gasteiger charge is 2.35. The summed E-state index contributed by atoms with van der Waals surface area (Å²) in [5.41, 5.74) is 1.29. The minimum absolute atomic E-state index is 0.241. The third-order valence-corrected chi connectivity index (χ3v) is 4.82. The second-order valence-electron chi connectivity index (χ2n) is 6.78. The smallest absolute Gasteiger partial charge is 0.219 e. The predicted molar refractivity (Wildman–Crippen MR) is 86.4 cm³/mol. The molecule has 1 amide bonds. The molecule has 1 atom stereocenters. The Hall–Kier alpha value is -1.36. The van der Waals surface area contributed by atoms with Crippen LogP contribution < -0.4 is 0 Å². The Kier molecular flexibility index (Phi) is 4.81. The van der Waals surface area contributed by atoms with Crippen LogP contribution in [-0.2, 0) is 17.9 Å². The van der Waals surface area contributed by atoms with Crippen LogP contribution in [0.2, 0.25) is 0 Å². The fourth-order valence-corrected chi connectivity index (χ4v) is 3.53. The molecule has 1 saturated heterocycles. The molecule has 0 spiro atoms. The summed E-state index contributed by atoms with van der Waals surface area (Å²) in [5, 5.41) is 4.43. The molecule has 1 aliphatic carbocycles. The SMILES string of the molecule is CCCn1cc(CN2CCC[C@H]2CN(C(C)=O)C2CC2)cn1. The van der Waals surface area contributed by atoms with E-state index in [-0.39, 0.29) is 5.91 Å². The predicted octanol–water partition coefficient (Wildman–Crippen LogP) is 2.27. The molecule has 0 aromatic carbocycles. The van der Waals surface area contributed by atoms with Crippen molar-refractivity contribution in [3.05, 3.63) is 18.0 Å². The van der Waals surface area contributed by atoms with Gasteiger partial charge in [0.1, 0.15) is 0 Å². The summed E-state index contributed by atoms with van der Waals surface area (Å²) >= 11 is 0. The van der Waals surface area contributed by atoms with Gasteiger partial charge in [-0.25, -0.2) is 0 Å². The lowest BCUT2D eigenvalue weighted by molar-refractivity contribution is -0.130. The summed E-state index contributed by atoms with van der Waals surface area (Å²) in [7, 11) is 0. The first-order valence-corrected chi connectivity index (χ1v) is 8.70. The number of aryl methyl sites for hydroxylation is 1. The van der Waals surface area contributed by atoms with Crippen LogP contribution in [0.25, 0.3) is 0 Å². The van der Waals surface area contributed by atoms with E-state index in [0.717, 1.165) is 32.6 Å². The van der Waals surface area contributed by atoms with Gasteiger partial charge in [-0.15, -0.1) is 0 Å². The van der Waals surface area contributed by atoms with E-state index < -0.39 is 0 Å². The largest absolute Gasteiger partial charge is 0.338 e. The van der Waals surface area contributed by atoms with Gasteiger partial charge in [0.15, 0.2) is 0 Å². The van der Waals surface area contributed by atoms with Crippen molar-refractivity contribution < 1.29 is 4.79 Å². The fourth-order valence-electron chi connectivity index (χ4n) is 3.53. The number of hydrogen-bond donors (Lipinski definition) is 0. The summed E-state index contributed by atoms with van der Waals surface area (Å²) in [5.74, 6) is 0.241. The lowest BCUT2D eigenvalue weighted by Crippen LogP contribution is -2.43. The molecule has 2 aliphatic rings. The molecule has 5 nitrogen and oxygen atoms in total. The van der Waals surface area contributed by atoms with Gasteiger partial charge in [0.2, 0.25) is 5.91 Å². The number of aromatic nitrogens is 2. The highest BCUT2D eigenvalue weighted by atomic mass is 16.2. The zero-order valence-electron chi connectivity index (χ0n) is 13.9. The van der Waals surface area contributed by atoms with E-state index in [0.29, 0.717) is 12.1 Å². The molecule has 1 aromatic heterocycles. The summed E-state index contributed by atoms with van der Waals surface area (Å²) in [6, 6.07) is 1.03. The standard InChI is InChI=1S/C17H28N4O/c1-3-8-20-12-15(10-18-20)11-19-9-4-5-17(19)13-21(14(2)22)16-6-7-16/h10,12,16-17H,3-9,11,13H2,1-2H3/t17-/m0/s1. The molecular formula is C17H28N4O. The molecule has 0 N–H and O–H groups in total. The molecule has 1 aliphatic heterocycles. The molecule has 2 heterocycles. The van der Waals surface area contributed by atoms with E-state index >= 15 is 0 Å². The van der Waals surface area contributed by atoms with Crippen LogP contribution in [0.4, 0.5) is 0 Å². The van der Waals surface area contributed by atoms with E-state index in [1.165, 1.54) is 31.2 Å². The first-order chi connectivity index (χ1) is 10.7. The minimum atomic E-state index is 0.241. The number of likely N-dealkylation sites (tertiary alicyclic amines) is 1. The van der Waals surface area contributed by atoms with Gasteiger partial charge < -0.3 is 4.90 Å². The lowest BCUT2D eigenvalue weighted by atomic mass is 10.2. The summed E-state index contributed by atoms with van der Waals surface area (Å²) in [6.07, 6.45) is 10.1. The maximum absolute atomic E-state index is 11.8. The normalized spacial score (nSPS) is 22.2. The van der Waals surface area contributed by atoms with Gasteiger partial charge in [0, 0.05) is 50.4 Å². The van der Waals surface area contributed by atoms with Crippen molar-refractivity contribution in [2.24, 2.45) is 0 Å². The van der Waals surface area contributed by atoms with Crippen LogP contribution in [-0.4, -0.2) is 50.7 Å². The first-order valence-electron chi connectivity index (χ1n) is 8.70. The van der Waals surface area contributed by atoms with Crippen LogP contribution >= 0.6 is 0 Å². The molecule has 1 aromatic rings. The van der Waals surface area contributed by atoms with Gasteiger partial charge >= 0.3 is 0 Å². The maximum Gasteiger partial charge on any atom is 0.219 e. The van der Waals surface area contributed by atoms with Crippen LogP contribution in [0.3, 0.4) is 0 Å². The zero-order chi connectivity index (χ0) is 15.5. The van der Waals surface area contributed by atoms with E-state index in [4.69, 9.17) is 0 Å². The number of hydrogen-bond acceptors (Lipinski definition) is 3. The second kappa shape index (κ2) is 6.82. The monoisotopic (exact) mass is 304 g/mol. The number of rotatable bonds is 7. The Morgan fingerprint density at radius 3 is 2.91 bits per heavy atom. The van der Waals surface area contributed by atoms with E-state index in [9.17, 15) is 4.79 Å². The first kappa shape index (κ1) is 15.5. The van der Waals surface area contributed by atoms with E-state index in [1.54, 1.807) is 6.92 Å². The van der Waals surface area contributed by atoms with Crippen molar-refractivity contribution in [1.82, 2.24) is 19.6 Å². The van der Waals surface area contributed by atoms with Crippen LogP contribution in [0, 0.1) is 0 Å². The minimum Gasteiger partial charge on any atom is -0.338 e. The zero-order valence-corrected chi connectivity index (χ0v) is 13.9. The maximum atomic E-state index is 11.8. The Morgan fingerprint density at radius 2 is 2.23 bits per heavy atom. The summed E-state index contributed by atoms with van der Waals surface area (Å²) in [4.78, 5) is 16.5. The molecule has 3 rings (SSSR count). The number of carbonyl (C=O) groups excluding carboxylic acids is 1. The second-order valence-corrected chi connectivity index (χ2v) is 6.78. The molecule has 0 radical (unpaired) electrons. The summed E-state index contributed by atoms with van der Waals surface area (Å²) in [6.45, 7) is 7.88. The highest BCUT2D eigenvalue weighted by Crippen LogP contribution is 2.29.